The fourth-order valence-electron chi connectivity index (χ4n) is 3.37. The lowest BCUT2D eigenvalue weighted by atomic mass is 9.81. The lowest BCUT2D eigenvalue weighted by molar-refractivity contribution is 0.0698. The summed E-state index contributed by atoms with van der Waals surface area (Å²) in [5.74, 6) is -0.301. The first kappa shape index (κ1) is 10.6. The molecule has 1 aliphatic carbocycles. The molecular weight excluding hydrogens is 214 g/mol. The molecule has 0 spiro atoms. The smallest absolute Gasteiger partial charge is 0.337 e. The molecule has 3 heteroatoms. The molecule has 0 amide bonds. The summed E-state index contributed by atoms with van der Waals surface area (Å²) in [7, 11) is 0. The summed E-state index contributed by atoms with van der Waals surface area (Å²) in [5, 5.41) is 12.7. The minimum atomic E-state index is -0.826. The highest BCUT2D eigenvalue weighted by molar-refractivity contribution is 5.96. The average Bonchev–Trinajstić information content (AvgIpc) is 2.68. The number of carboxylic acid groups (broad SMARTS) is 1. The standard InChI is InChI=1S/C14H17NO2/c1-8-6-7-10(14(16)17)13-12(8)9-4-2-3-5-11(9)15-13/h6-7,9,11,15H,2-5H2,1H3,(H,16,17). The molecule has 2 unspecified atom stereocenters. The predicted octanol–water partition coefficient (Wildman–Crippen LogP) is 3.14. The molecule has 1 aliphatic heterocycles. The summed E-state index contributed by atoms with van der Waals surface area (Å²) in [6.45, 7) is 2.09. The molecule has 0 bridgehead atoms. The third kappa shape index (κ3) is 1.53. The van der Waals surface area contributed by atoms with Crippen molar-refractivity contribution >= 4 is 11.7 Å². The Labute approximate surface area is 101 Å². The van der Waals surface area contributed by atoms with Gasteiger partial charge < -0.3 is 10.4 Å². The van der Waals surface area contributed by atoms with E-state index < -0.39 is 5.97 Å². The topological polar surface area (TPSA) is 49.3 Å². The van der Waals surface area contributed by atoms with Crippen LogP contribution < -0.4 is 5.32 Å². The Bertz CT molecular complexity index is 481. The van der Waals surface area contributed by atoms with Crippen LogP contribution in [0.4, 0.5) is 5.69 Å². The van der Waals surface area contributed by atoms with E-state index in [1.54, 1.807) is 6.07 Å². The Morgan fingerprint density at radius 3 is 2.88 bits per heavy atom. The first-order valence-corrected chi connectivity index (χ1v) is 6.32. The molecule has 2 atom stereocenters. The zero-order chi connectivity index (χ0) is 12.0. The van der Waals surface area contributed by atoms with E-state index in [-0.39, 0.29) is 0 Å². The molecule has 1 saturated carbocycles. The SMILES string of the molecule is Cc1ccc(C(=O)O)c2c1C1CCCCC1N2. The van der Waals surface area contributed by atoms with E-state index in [0.717, 1.165) is 12.1 Å². The fraction of sp³-hybridized carbons (Fsp3) is 0.500. The summed E-state index contributed by atoms with van der Waals surface area (Å²) in [5.41, 5.74) is 3.80. The number of hydrogen-bond donors (Lipinski definition) is 2. The third-order valence-corrected chi connectivity index (χ3v) is 4.16. The maximum atomic E-state index is 11.2. The van der Waals surface area contributed by atoms with Gasteiger partial charge in [0.1, 0.15) is 0 Å². The lowest BCUT2D eigenvalue weighted by Crippen LogP contribution is -2.24. The van der Waals surface area contributed by atoms with Crippen molar-refractivity contribution in [3.63, 3.8) is 0 Å². The molecule has 1 aromatic carbocycles. The Balaban J connectivity index is 2.13. The van der Waals surface area contributed by atoms with Gasteiger partial charge in [0.25, 0.3) is 0 Å². The predicted molar refractivity (Wildman–Crippen MR) is 66.8 cm³/mol. The van der Waals surface area contributed by atoms with Crippen molar-refractivity contribution < 1.29 is 9.90 Å². The van der Waals surface area contributed by atoms with Crippen LogP contribution in [0.3, 0.4) is 0 Å². The Morgan fingerprint density at radius 2 is 2.12 bits per heavy atom. The zero-order valence-corrected chi connectivity index (χ0v) is 9.99. The number of nitrogens with one attached hydrogen (secondary N) is 1. The van der Waals surface area contributed by atoms with Gasteiger partial charge in [-0.15, -0.1) is 0 Å². The number of carbonyl (C=O) groups is 1. The van der Waals surface area contributed by atoms with Crippen LogP contribution in [0.5, 0.6) is 0 Å². The highest BCUT2D eigenvalue weighted by Gasteiger charge is 2.37. The van der Waals surface area contributed by atoms with E-state index in [2.05, 4.69) is 12.2 Å². The molecule has 17 heavy (non-hydrogen) atoms. The van der Waals surface area contributed by atoms with Gasteiger partial charge in [-0.3, -0.25) is 0 Å². The monoisotopic (exact) mass is 231 g/mol. The van der Waals surface area contributed by atoms with E-state index in [9.17, 15) is 9.90 Å². The van der Waals surface area contributed by atoms with Crippen molar-refractivity contribution in [2.45, 2.75) is 44.6 Å². The normalized spacial score (nSPS) is 25.9. The van der Waals surface area contributed by atoms with Crippen LogP contribution in [0.2, 0.25) is 0 Å². The number of aromatic carboxylic acids is 1. The number of aryl methyl sites for hydroxylation is 1. The molecular formula is C14H17NO2. The molecule has 0 saturated heterocycles. The van der Waals surface area contributed by atoms with E-state index in [4.69, 9.17) is 0 Å². The highest BCUT2D eigenvalue weighted by Crippen LogP contribution is 2.46. The van der Waals surface area contributed by atoms with E-state index in [1.807, 2.05) is 6.07 Å². The largest absolute Gasteiger partial charge is 0.478 e. The second-order valence-corrected chi connectivity index (χ2v) is 5.17. The molecule has 2 aliphatic rings. The highest BCUT2D eigenvalue weighted by atomic mass is 16.4. The van der Waals surface area contributed by atoms with Gasteiger partial charge in [0.2, 0.25) is 0 Å². The lowest BCUT2D eigenvalue weighted by Gasteiger charge is -2.25. The Kier molecular flexibility index (Phi) is 2.35. The van der Waals surface area contributed by atoms with Crippen LogP contribution in [0.15, 0.2) is 12.1 Å². The zero-order valence-electron chi connectivity index (χ0n) is 9.99. The van der Waals surface area contributed by atoms with Crippen molar-refractivity contribution in [1.82, 2.24) is 0 Å². The van der Waals surface area contributed by atoms with Crippen LogP contribution in [-0.4, -0.2) is 17.1 Å². The Hall–Kier alpha value is -1.51. The molecule has 3 nitrogen and oxygen atoms in total. The second kappa shape index (κ2) is 3.76. The molecule has 1 aromatic rings. The summed E-state index contributed by atoms with van der Waals surface area (Å²) >= 11 is 0. The quantitative estimate of drug-likeness (QED) is 0.780. The van der Waals surface area contributed by atoms with Crippen LogP contribution in [0.25, 0.3) is 0 Å². The first-order valence-electron chi connectivity index (χ1n) is 6.32. The van der Waals surface area contributed by atoms with Crippen molar-refractivity contribution in [1.29, 1.82) is 0 Å². The molecule has 2 N–H and O–H groups in total. The van der Waals surface area contributed by atoms with E-state index in [0.29, 0.717) is 17.5 Å². The number of benzene rings is 1. The summed E-state index contributed by atoms with van der Waals surface area (Å²) in [6, 6.07) is 4.12. The van der Waals surface area contributed by atoms with Gasteiger partial charge in [-0.2, -0.15) is 0 Å². The van der Waals surface area contributed by atoms with Crippen molar-refractivity contribution in [2.24, 2.45) is 0 Å². The minimum Gasteiger partial charge on any atom is -0.478 e. The van der Waals surface area contributed by atoms with E-state index >= 15 is 0 Å². The maximum Gasteiger partial charge on any atom is 0.337 e. The van der Waals surface area contributed by atoms with Crippen LogP contribution >= 0.6 is 0 Å². The van der Waals surface area contributed by atoms with Crippen molar-refractivity contribution in [3.8, 4) is 0 Å². The number of fused-ring (bicyclic) bond motifs is 3. The van der Waals surface area contributed by atoms with Gasteiger partial charge >= 0.3 is 5.97 Å². The van der Waals surface area contributed by atoms with Gasteiger partial charge in [0.15, 0.2) is 0 Å². The van der Waals surface area contributed by atoms with Gasteiger partial charge in [-0.25, -0.2) is 4.79 Å². The molecule has 3 rings (SSSR count). The van der Waals surface area contributed by atoms with Crippen molar-refractivity contribution in [3.05, 3.63) is 28.8 Å². The molecule has 0 aromatic heterocycles. The molecule has 1 heterocycles. The Morgan fingerprint density at radius 1 is 1.35 bits per heavy atom. The first-order chi connectivity index (χ1) is 8.18. The van der Waals surface area contributed by atoms with E-state index in [1.165, 1.54) is 30.4 Å². The molecule has 90 valence electrons. The van der Waals surface area contributed by atoms with Gasteiger partial charge in [0.05, 0.1) is 11.3 Å². The number of carboxylic acids is 1. The molecule has 0 radical (unpaired) electrons. The number of hydrogen-bond acceptors (Lipinski definition) is 2. The summed E-state index contributed by atoms with van der Waals surface area (Å²) < 4.78 is 0. The molecule has 1 fully saturated rings. The van der Waals surface area contributed by atoms with Crippen LogP contribution in [0.1, 0.15) is 53.1 Å². The summed E-state index contributed by atoms with van der Waals surface area (Å²) in [4.78, 5) is 11.2. The van der Waals surface area contributed by atoms with Crippen LogP contribution in [-0.2, 0) is 0 Å². The van der Waals surface area contributed by atoms with Gasteiger partial charge in [0, 0.05) is 12.0 Å². The van der Waals surface area contributed by atoms with Gasteiger partial charge in [-0.05, 0) is 37.0 Å². The van der Waals surface area contributed by atoms with Gasteiger partial charge in [-0.1, -0.05) is 18.9 Å². The average molecular weight is 231 g/mol. The fourth-order valence-corrected chi connectivity index (χ4v) is 3.37. The van der Waals surface area contributed by atoms with Crippen molar-refractivity contribution in [2.75, 3.05) is 5.32 Å². The second-order valence-electron chi connectivity index (χ2n) is 5.17. The van der Waals surface area contributed by atoms with Crippen LogP contribution in [0, 0.1) is 6.92 Å². The number of anilines is 1. The third-order valence-electron chi connectivity index (χ3n) is 4.16. The maximum absolute atomic E-state index is 11.2. The summed E-state index contributed by atoms with van der Waals surface area (Å²) in [6.07, 6.45) is 4.87. The number of rotatable bonds is 1. The minimum absolute atomic E-state index is 0.431.